The first-order valence-electron chi connectivity index (χ1n) is 12.7. The molecule has 2 aliphatic rings. The number of nitro benzene ring substituents is 1. The van der Waals surface area contributed by atoms with Crippen LogP contribution in [0.5, 0.6) is 0 Å². The second-order valence-electron chi connectivity index (χ2n) is 10.6. The highest BCUT2D eigenvalue weighted by Gasteiger charge is 2.33. The Bertz CT molecular complexity index is 1090. The molecule has 0 aliphatic carbocycles. The topological polar surface area (TPSA) is 111 Å². The standard InChI is InChI=1S/C26H35N5O5/c1-26(2,3)36-25(33)29-16-12-19(13-17-29)23-22(24(32)28-14-6-4-5-7-15-28)18-27-30(23)20-8-10-21(11-9-20)31(34)35/h8-11,18-19H,4-7,12-17H2,1-3H3. The van der Waals surface area contributed by atoms with Crippen molar-refractivity contribution < 1.29 is 19.2 Å². The van der Waals surface area contributed by atoms with Crippen LogP contribution in [0.1, 0.15) is 81.3 Å². The first-order chi connectivity index (χ1) is 17.1. The van der Waals surface area contributed by atoms with Crippen LogP contribution >= 0.6 is 0 Å². The van der Waals surface area contributed by atoms with Crippen molar-refractivity contribution in [3.63, 3.8) is 0 Å². The normalized spacial score (nSPS) is 17.5. The number of rotatable bonds is 4. The Balaban J connectivity index is 1.62. The Hall–Kier alpha value is -3.43. The molecule has 3 heterocycles. The molecule has 10 nitrogen and oxygen atoms in total. The van der Waals surface area contributed by atoms with Crippen molar-refractivity contribution >= 4 is 17.7 Å². The summed E-state index contributed by atoms with van der Waals surface area (Å²) in [7, 11) is 0. The number of hydrogen-bond donors (Lipinski definition) is 0. The van der Waals surface area contributed by atoms with Gasteiger partial charge in [-0.05, 0) is 58.6 Å². The SMILES string of the molecule is CC(C)(C)OC(=O)N1CCC(c2c(C(=O)N3CCCCCC3)cnn2-c2ccc([N+](=O)[O-])cc2)CC1. The van der Waals surface area contributed by atoms with Gasteiger partial charge < -0.3 is 14.5 Å². The maximum Gasteiger partial charge on any atom is 0.410 e. The van der Waals surface area contributed by atoms with Gasteiger partial charge in [0.05, 0.1) is 28.1 Å². The smallest absolute Gasteiger partial charge is 0.410 e. The van der Waals surface area contributed by atoms with E-state index in [1.165, 1.54) is 12.1 Å². The minimum Gasteiger partial charge on any atom is -0.444 e. The number of hydrogen-bond acceptors (Lipinski definition) is 6. The second-order valence-corrected chi connectivity index (χ2v) is 10.6. The zero-order valence-corrected chi connectivity index (χ0v) is 21.3. The maximum absolute atomic E-state index is 13.6. The van der Waals surface area contributed by atoms with Crippen molar-refractivity contribution in [2.45, 2.75) is 70.8 Å². The number of carbonyl (C=O) groups excluding carboxylic acids is 2. The van der Waals surface area contributed by atoms with E-state index in [4.69, 9.17) is 4.74 Å². The summed E-state index contributed by atoms with van der Waals surface area (Å²) in [5.41, 5.74) is 1.49. The van der Waals surface area contributed by atoms with Gasteiger partial charge in [0, 0.05) is 44.2 Å². The fraction of sp³-hybridized carbons (Fsp3) is 0.577. The van der Waals surface area contributed by atoms with Gasteiger partial charge in [0.15, 0.2) is 0 Å². The number of nitrogens with zero attached hydrogens (tertiary/aromatic N) is 5. The lowest BCUT2D eigenvalue weighted by Gasteiger charge is -2.34. The summed E-state index contributed by atoms with van der Waals surface area (Å²) in [6.45, 7) is 8.05. The van der Waals surface area contributed by atoms with Crippen molar-refractivity contribution in [1.29, 1.82) is 0 Å². The minimum absolute atomic E-state index is 0.000934. The molecule has 2 aromatic rings. The molecule has 0 unspecified atom stereocenters. The van der Waals surface area contributed by atoms with Gasteiger partial charge in [-0.25, -0.2) is 9.48 Å². The van der Waals surface area contributed by atoms with Crippen LogP contribution < -0.4 is 0 Å². The molecule has 194 valence electrons. The van der Waals surface area contributed by atoms with Crippen LogP contribution in [-0.4, -0.2) is 68.3 Å². The number of amides is 2. The van der Waals surface area contributed by atoms with Crippen LogP contribution in [-0.2, 0) is 4.74 Å². The highest BCUT2D eigenvalue weighted by molar-refractivity contribution is 5.95. The largest absolute Gasteiger partial charge is 0.444 e. The summed E-state index contributed by atoms with van der Waals surface area (Å²) < 4.78 is 7.27. The zero-order chi connectivity index (χ0) is 25.9. The van der Waals surface area contributed by atoms with Crippen molar-refractivity contribution in [3.8, 4) is 5.69 Å². The number of ether oxygens (including phenoxy) is 1. The Labute approximate surface area is 211 Å². The lowest BCUT2D eigenvalue weighted by atomic mass is 9.90. The van der Waals surface area contributed by atoms with E-state index in [1.807, 2.05) is 25.7 Å². The number of likely N-dealkylation sites (tertiary alicyclic amines) is 2. The van der Waals surface area contributed by atoms with E-state index in [9.17, 15) is 19.7 Å². The van der Waals surface area contributed by atoms with Crippen LogP contribution in [0.2, 0.25) is 0 Å². The summed E-state index contributed by atoms with van der Waals surface area (Å²) in [5, 5.41) is 15.7. The second kappa shape index (κ2) is 10.7. The molecule has 0 spiro atoms. The van der Waals surface area contributed by atoms with Crippen LogP contribution in [0, 0.1) is 10.1 Å². The summed E-state index contributed by atoms with van der Waals surface area (Å²) in [5.74, 6) is -0.0121. The molecule has 36 heavy (non-hydrogen) atoms. The molecule has 2 aliphatic heterocycles. The molecule has 2 amide bonds. The summed E-state index contributed by atoms with van der Waals surface area (Å²) in [4.78, 5) is 40.5. The number of nitro groups is 1. The van der Waals surface area contributed by atoms with E-state index in [1.54, 1.807) is 27.9 Å². The Morgan fingerprint density at radius 3 is 2.14 bits per heavy atom. The van der Waals surface area contributed by atoms with Crippen LogP contribution in [0.3, 0.4) is 0 Å². The molecule has 10 heteroatoms. The molecule has 0 atom stereocenters. The lowest BCUT2D eigenvalue weighted by molar-refractivity contribution is -0.384. The van der Waals surface area contributed by atoms with Crippen LogP contribution in [0.25, 0.3) is 5.69 Å². The number of non-ortho nitro benzene ring substituents is 1. The number of piperidine rings is 1. The molecule has 1 aromatic heterocycles. The Morgan fingerprint density at radius 1 is 0.972 bits per heavy atom. The van der Waals surface area contributed by atoms with Crippen molar-refractivity contribution in [3.05, 3.63) is 51.8 Å². The predicted octanol–water partition coefficient (Wildman–Crippen LogP) is 4.91. The van der Waals surface area contributed by atoms with Gasteiger partial charge >= 0.3 is 6.09 Å². The molecule has 0 bridgehead atoms. The minimum atomic E-state index is -0.560. The van der Waals surface area contributed by atoms with E-state index in [0.717, 1.165) is 44.5 Å². The average Bonchev–Trinajstić information content (AvgIpc) is 3.10. The average molecular weight is 498 g/mol. The van der Waals surface area contributed by atoms with Gasteiger partial charge in [0.2, 0.25) is 0 Å². The van der Waals surface area contributed by atoms with E-state index in [2.05, 4.69) is 5.10 Å². The van der Waals surface area contributed by atoms with Crippen LogP contribution in [0.15, 0.2) is 30.5 Å². The summed E-state index contributed by atoms with van der Waals surface area (Å²) >= 11 is 0. The van der Waals surface area contributed by atoms with Crippen molar-refractivity contribution in [1.82, 2.24) is 19.6 Å². The molecule has 0 saturated carbocycles. The van der Waals surface area contributed by atoms with Crippen molar-refractivity contribution in [2.75, 3.05) is 26.2 Å². The summed E-state index contributed by atoms with van der Waals surface area (Å²) in [6.07, 6.45) is 6.87. The molecule has 4 rings (SSSR count). The fourth-order valence-electron chi connectivity index (χ4n) is 4.94. The maximum atomic E-state index is 13.6. The Morgan fingerprint density at radius 2 is 1.58 bits per heavy atom. The molecule has 2 fully saturated rings. The van der Waals surface area contributed by atoms with E-state index < -0.39 is 10.5 Å². The highest BCUT2D eigenvalue weighted by Crippen LogP contribution is 2.34. The fourth-order valence-corrected chi connectivity index (χ4v) is 4.94. The first kappa shape index (κ1) is 25.7. The van der Waals surface area contributed by atoms with E-state index in [-0.39, 0.29) is 23.6 Å². The molecular weight excluding hydrogens is 462 g/mol. The van der Waals surface area contributed by atoms with E-state index >= 15 is 0 Å². The van der Waals surface area contributed by atoms with Crippen molar-refractivity contribution in [2.24, 2.45) is 0 Å². The molecule has 0 N–H and O–H groups in total. The number of aromatic nitrogens is 2. The highest BCUT2D eigenvalue weighted by atomic mass is 16.6. The van der Waals surface area contributed by atoms with Crippen LogP contribution in [0.4, 0.5) is 10.5 Å². The van der Waals surface area contributed by atoms with Gasteiger partial charge in [-0.15, -0.1) is 0 Å². The molecule has 2 saturated heterocycles. The molecule has 1 aromatic carbocycles. The third-order valence-electron chi connectivity index (χ3n) is 6.77. The lowest BCUT2D eigenvalue weighted by Crippen LogP contribution is -2.41. The van der Waals surface area contributed by atoms with Gasteiger partial charge in [-0.1, -0.05) is 12.8 Å². The van der Waals surface area contributed by atoms with Gasteiger partial charge in [-0.3, -0.25) is 14.9 Å². The first-order valence-corrected chi connectivity index (χ1v) is 12.7. The molecule has 0 radical (unpaired) electrons. The third kappa shape index (κ3) is 5.85. The summed E-state index contributed by atoms with van der Waals surface area (Å²) in [6, 6.07) is 6.21. The number of benzene rings is 1. The van der Waals surface area contributed by atoms with Gasteiger partial charge in [0.25, 0.3) is 11.6 Å². The third-order valence-corrected chi connectivity index (χ3v) is 6.77. The predicted molar refractivity (Wildman–Crippen MR) is 134 cm³/mol. The van der Waals surface area contributed by atoms with Gasteiger partial charge in [0.1, 0.15) is 5.60 Å². The zero-order valence-electron chi connectivity index (χ0n) is 21.3. The number of carbonyl (C=O) groups is 2. The van der Waals surface area contributed by atoms with E-state index in [0.29, 0.717) is 37.2 Å². The monoisotopic (exact) mass is 497 g/mol. The molecular formula is C26H35N5O5. The Kier molecular flexibility index (Phi) is 7.61. The quantitative estimate of drug-likeness (QED) is 0.438. The van der Waals surface area contributed by atoms with Gasteiger partial charge in [-0.2, -0.15) is 5.10 Å².